The number of hydrogen-bond acceptors (Lipinski definition) is 11. The molecular weight excluding hydrogens is 628 g/mol. The van der Waals surface area contributed by atoms with Gasteiger partial charge in [-0.1, -0.05) is 23.5 Å². The summed E-state index contributed by atoms with van der Waals surface area (Å²) >= 11 is 1.14. The zero-order valence-electron chi connectivity index (χ0n) is 26.3. The molecule has 5 rings (SSSR count). The molecule has 47 heavy (non-hydrogen) atoms. The molecule has 0 radical (unpaired) electrons. The average Bonchev–Trinajstić information content (AvgIpc) is 3.63. The monoisotopic (exact) mass is 660 g/mol. The molecule has 0 spiro atoms. The van der Waals surface area contributed by atoms with E-state index in [1.165, 1.54) is 17.7 Å². The van der Waals surface area contributed by atoms with E-state index in [2.05, 4.69) is 9.73 Å². The number of furan rings is 1. The van der Waals surface area contributed by atoms with Gasteiger partial charge in [-0.05, 0) is 75.2 Å². The molecule has 4 aromatic rings. The first kappa shape index (κ1) is 32.9. The number of hydrogen-bond donors (Lipinski definition) is 1. The van der Waals surface area contributed by atoms with Crippen LogP contribution in [0, 0.1) is 6.92 Å². The summed E-state index contributed by atoms with van der Waals surface area (Å²) in [5.41, 5.74) is 2.32. The number of carboxylic acids is 1. The lowest BCUT2D eigenvalue weighted by Crippen LogP contribution is -2.40. The molecule has 1 aliphatic rings. The van der Waals surface area contributed by atoms with Crippen molar-refractivity contribution in [3.8, 4) is 22.8 Å². The Labute approximate surface area is 272 Å². The molecule has 1 aliphatic heterocycles. The van der Waals surface area contributed by atoms with Crippen LogP contribution in [-0.4, -0.2) is 54.5 Å². The van der Waals surface area contributed by atoms with Gasteiger partial charge in [0.25, 0.3) is 5.56 Å². The number of rotatable bonds is 11. The molecule has 2 aromatic heterocycles. The molecule has 0 aliphatic carbocycles. The van der Waals surface area contributed by atoms with Crippen molar-refractivity contribution in [3.63, 3.8) is 0 Å². The number of fused-ring (bicyclic) bond motifs is 1. The Balaban J connectivity index is 1.60. The predicted molar refractivity (Wildman–Crippen MR) is 171 cm³/mol. The molecule has 0 saturated carbocycles. The van der Waals surface area contributed by atoms with Gasteiger partial charge >= 0.3 is 17.9 Å². The Bertz CT molecular complexity index is 2090. The summed E-state index contributed by atoms with van der Waals surface area (Å²) in [5.74, 6) is -0.701. The van der Waals surface area contributed by atoms with Crippen molar-refractivity contribution >= 4 is 35.3 Å². The largest absolute Gasteiger partial charge is 0.490 e. The first-order chi connectivity index (χ1) is 22.6. The van der Waals surface area contributed by atoms with E-state index in [0.717, 1.165) is 22.5 Å². The summed E-state index contributed by atoms with van der Waals surface area (Å²) in [6.45, 7) is 7.04. The molecule has 0 amide bonds. The molecule has 0 fully saturated rings. The number of benzene rings is 2. The summed E-state index contributed by atoms with van der Waals surface area (Å²) in [4.78, 5) is 55.4. The number of nitrogens with zero attached hydrogens (tertiary/aromatic N) is 2. The lowest BCUT2D eigenvalue weighted by Gasteiger charge is -2.25. The highest BCUT2D eigenvalue weighted by atomic mass is 32.1. The van der Waals surface area contributed by atoms with E-state index in [9.17, 15) is 24.3 Å². The number of carboxylic acid groups (broad SMARTS) is 1. The van der Waals surface area contributed by atoms with Crippen LogP contribution in [0.1, 0.15) is 54.1 Å². The molecule has 2 aromatic carbocycles. The second-order valence-electron chi connectivity index (χ2n) is 10.3. The Morgan fingerprint density at radius 1 is 1.02 bits per heavy atom. The van der Waals surface area contributed by atoms with Gasteiger partial charge in [0.2, 0.25) is 0 Å². The Morgan fingerprint density at radius 2 is 1.81 bits per heavy atom. The number of allylic oxidation sites excluding steroid dienone is 1. The van der Waals surface area contributed by atoms with Gasteiger partial charge in [0.1, 0.15) is 11.5 Å². The Kier molecular flexibility index (Phi) is 9.75. The third-order valence-electron chi connectivity index (χ3n) is 7.31. The number of aromatic nitrogens is 1. The zero-order chi connectivity index (χ0) is 33.8. The van der Waals surface area contributed by atoms with Crippen LogP contribution in [0.5, 0.6) is 11.5 Å². The van der Waals surface area contributed by atoms with Gasteiger partial charge in [-0.15, -0.1) is 0 Å². The summed E-state index contributed by atoms with van der Waals surface area (Å²) in [6, 6.07) is 12.2. The lowest BCUT2D eigenvalue weighted by atomic mass is 9.95. The molecule has 244 valence electrons. The maximum Gasteiger partial charge on any atom is 0.343 e. The third-order valence-corrected chi connectivity index (χ3v) is 8.30. The lowest BCUT2D eigenvalue weighted by molar-refractivity contribution is -0.143. The van der Waals surface area contributed by atoms with Crippen molar-refractivity contribution in [1.29, 1.82) is 0 Å². The molecule has 3 heterocycles. The van der Waals surface area contributed by atoms with E-state index in [4.69, 9.17) is 18.6 Å². The second-order valence-corrected chi connectivity index (χ2v) is 11.4. The highest BCUT2D eigenvalue weighted by molar-refractivity contribution is 7.07. The van der Waals surface area contributed by atoms with Crippen molar-refractivity contribution in [2.45, 2.75) is 33.7 Å². The maximum atomic E-state index is 14.1. The van der Waals surface area contributed by atoms with E-state index in [-0.39, 0.29) is 36.7 Å². The van der Waals surface area contributed by atoms with Crippen molar-refractivity contribution < 1.29 is 42.9 Å². The number of aromatic carboxylic acids is 1. The van der Waals surface area contributed by atoms with Crippen molar-refractivity contribution in [3.05, 3.63) is 102 Å². The Hall–Kier alpha value is -5.43. The number of aryl methyl sites for hydroxylation is 1. The van der Waals surface area contributed by atoms with Crippen LogP contribution in [0.3, 0.4) is 0 Å². The van der Waals surface area contributed by atoms with E-state index < -0.39 is 29.5 Å². The molecule has 1 N–H and O–H groups in total. The van der Waals surface area contributed by atoms with Gasteiger partial charge < -0.3 is 28.5 Å². The number of esters is 2. The van der Waals surface area contributed by atoms with Crippen LogP contribution >= 0.6 is 11.3 Å². The van der Waals surface area contributed by atoms with E-state index in [1.807, 2.05) is 0 Å². The molecule has 12 nitrogen and oxygen atoms in total. The summed E-state index contributed by atoms with van der Waals surface area (Å²) in [5, 5.41) is 9.29. The van der Waals surface area contributed by atoms with Crippen LogP contribution in [0.4, 0.5) is 0 Å². The standard InChI is InChI=1S/C34H32N2O10S/c1-6-43-26-15-20(9-12-25(26)45-17-28(37)42-5)30-29(33(41)44-7-2)19(4)35-34-36(30)31(38)27(47-34)16-22-10-13-24(46-22)23-11-8-21(32(39)40)14-18(23)3/h8-16,30H,6-7,17H2,1-5H3,(H,39,40)/b27-16-/t30-/m1/s1. The molecule has 1 atom stereocenters. The number of carbonyl (C=O) groups excluding carboxylic acids is 2. The molecule has 0 saturated heterocycles. The summed E-state index contributed by atoms with van der Waals surface area (Å²) in [7, 11) is 1.26. The van der Waals surface area contributed by atoms with Crippen molar-refractivity contribution in [2.75, 3.05) is 26.9 Å². The minimum absolute atomic E-state index is 0.122. The number of carbonyl (C=O) groups is 3. The minimum Gasteiger partial charge on any atom is -0.490 e. The van der Waals surface area contributed by atoms with Crippen LogP contribution in [-0.2, 0) is 19.1 Å². The number of thiazole rings is 1. The van der Waals surface area contributed by atoms with E-state index in [0.29, 0.717) is 37.9 Å². The first-order valence-electron chi connectivity index (χ1n) is 14.7. The number of ether oxygens (including phenoxy) is 4. The normalized spacial score (nSPS) is 14.3. The Morgan fingerprint density at radius 3 is 2.49 bits per heavy atom. The minimum atomic E-state index is -1.02. The fourth-order valence-corrected chi connectivity index (χ4v) is 6.19. The highest BCUT2D eigenvalue weighted by Gasteiger charge is 2.34. The predicted octanol–water partition coefficient (Wildman–Crippen LogP) is 4.02. The fourth-order valence-electron chi connectivity index (χ4n) is 5.16. The zero-order valence-corrected chi connectivity index (χ0v) is 27.1. The van der Waals surface area contributed by atoms with Gasteiger partial charge in [0, 0.05) is 11.6 Å². The van der Waals surface area contributed by atoms with Crippen LogP contribution < -0.4 is 24.4 Å². The van der Waals surface area contributed by atoms with Crippen LogP contribution in [0.15, 0.2) is 74.0 Å². The SMILES string of the molecule is CCOC(=O)C1=C(C)N=c2s/c(=C\c3ccc(-c4ccc(C(=O)O)cc4C)o3)c(=O)n2[C@@H]1c1ccc(OCC(=O)OC)c(OCC)c1. The topological polar surface area (TPSA) is 156 Å². The molecule has 0 unspecified atom stereocenters. The first-order valence-corrected chi connectivity index (χ1v) is 15.5. The number of methoxy groups -OCH3 is 1. The highest BCUT2D eigenvalue weighted by Crippen LogP contribution is 2.36. The second kappa shape index (κ2) is 13.9. The molecular formula is C34H32N2O10S. The van der Waals surface area contributed by atoms with Crippen LogP contribution in [0.25, 0.3) is 17.4 Å². The van der Waals surface area contributed by atoms with Gasteiger partial charge in [-0.2, -0.15) is 0 Å². The van der Waals surface area contributed by atoms with E-state index in [1.54, 1.807) is 76.2 Å². The summed E-state index contributed by atoms with van der Waals surface area (Å²) < 4.78 is 29.3. The quantitative estimate of drug-likeness (QED) is 0.233. The maximum absolute atomic E-state index is 14.1. The van der Waals surface area contributed by atoms with Gasteiger partial charge in [-0.3, -0.25) is 9.36 Å². The average molecular weight is 661 g/mol. The third kappa shape index (κ3) is 6.75. The molecule has 13 heteroatoms. The van der Waals surface area contributed by atoms with E-state index >= 15 is 0 Å². The van der Waals surface area contributed by atoms with Crippen LogP contribution in [0.2, 0.25) is 0 Å². The van der Waals surface area contributed by atoms with Crippen molar-refractivity contribution in [2.24, 2.45) is 4.99 Å². The van der Waals surface area contributed by atoms with Gasteiger partial charge in [-0.25, -0.2) is 19.4 Å². The summed E-state index contributed by atoms with van der Waals surface area (Å²) in [6.07, 6.45) is 1.60. The smallest absolute Gasteiger partial charge is 0.343 e. The van der Waals surface area contributed by atoms with Gasteiger partial charge in [0.05, 0.1) is 47.7 Å². The van der Waals surface area contributed by atoms with Crippen molar-refractivity contribution in [1.82, 2.24) is 4.57 Å². The molecule has 0 bridgehead atoms. The van der Waals surface area contributed by atoms with Gasteiger partial charge in [0.15, 0.2) is 22.9 Å². The fraction of sp³-hybridized carbons (Fsp3) is 0.265.